The molecule has 21 heavy (non-hydrogen) atoms. The molecular weight excluding hydrogens is 287 g/mol. The summed E-state index contributed by atoms with van der Waals surface area (Å²) < 4.78 is 38.7. The van der Waals surface area contributed by atoms with Gasteiger partial charge in [-0.2, -0.15) is 13.2 Å². The first-order valence-corrected chi connectivity index (χ1v) is 7.13. The van der Waals surface area contributed by atoms with Crippen LogP contribution in [0, 0.1) is 17.3 Å². The maximum Gasteiger partial charge on any atom is 0.392 e. The molecule has 0 aromatic carbocycles. The Labute approximate surface area is 122 Å². The second-order valence-corrected chi connectivity index (χ2v) is 6.27. The van der Waals surface area contributed by atoms with E-state index in [9.17, 15) is 22.8 Å². The van der Waals surface area contributed by atoms with Gasteiger partial charge in [0.05, 0.1) is 11.3 Å². The lowest BCUT2D eigenvalue weighted by Crippen LogP contribution is -2.43. The lowest BCUT2D eigenvalue weighted by Gasteiger charge is -2.32. The summed E-state index contributed by atoms with van der Waals surface area (Å²) in [7, 11) is 0. The number of aliphatic carboxylic acids is 1. The molecule has 2 unspecified atom stereocenters. The number of rotatable bonds is 5. The smallest absolute Gasteiger partial charge is 0.392 e. The Morgan fingerprint density at radius 3 is 2.29 bits per heavy atom. The topological polar surface area (TPSA) is 66.4 Å². The fraction of sp³-hybridized carbons (Fsp3) is 0.857. The Balaban J connectivity index is 2.56. The van der Waals surface area contributed by atoms with Gasteiger partial charge >= 0.3 is 12.1 Å². The molecule has 1 saturated carbocycles. The summed E-state index contributed by atoms with van der Waals surface area (Å²) in [4.78, 5) is 22.9. The molecule has 0 saturated heterocycles. The van der Waals surface area contributed by atoms with Gasteiger partial charge in [-0.1, -0.05) is 12.8 Å². The monoisotopic (exact) mass is 309 g/mol. The number of carboxylic acid groups (broad SMARTS) is 1. The van der Waals surface area contributed by atoms with E-state index in [0.717, 1.165) is 0 Å². The van der Waals surface area contributed by atoms with Crippen molar-refractivity contribution in [1.29, 1.82) is 0 Å². The summed E-state index contributed by atoms with van der Waals surface area (Å²) >= 11 is 0. The molecule has 2 atom stereocenters. The Hall–Kier alpha value is -1.27. The molecule has 0 aromatic rings. The van der Waals surface area contributed by atoms with Crippen molar-refractivity contribution in [2.24, 2.45) is 17.3 Å². The lowest BCUT2D eigenvalue weighted by molar-refractivity contribution is -0.198. The van der Waals surface area contributed by atoms with Crippen LogP contribution in [0.1, 0.15) is 46.0 Å². The van der Waals surface area contributed by atoms with Crippen LogP contribution in [-0.4, -0.2) is 29.7 Å². The van der Waals surface area contributed by atoms with E-state index in [0.29, 0.717) is 12.8 Å². The van der Waals surface area contributed by atoms with Crippen LogP contribution in [0.3, 0.4) is 0 Å². The van der Waals surface area contributed by atoms with E-state index < -0.39 is 35.3 Å². The average Bonchev–Trinajstić information content (AvgIpc) is 2.37. The zero-order valence-electron chi connectivity index (χ0n) is 12.3. The Kier molecular flexibility index (Phi) is 5.64. The predicted molar refractivity (Wildman–Crippen MR) is 70.5 cm³/mol. The summed E-state index contributed by atoms with van der Waals surface area (Å²) in [5.41, 5.74) is -1.01. The third-order valence-electron chi connectivity index (χ3n) is 4.15. The van der Waals surface area contributed by atoms with E-state index in [2.05, 4.69) is 5.32 Å². The van der Waals surface area contributed by atoms with Gasteiger partial charge in [0.2, 0.25) is 5.91 Å². The fourth-order valence-electron chi connectivity index (χ4n) is 2.57. The van der Waals surface area contributed by atoms with E-state index in [1.165, 1.54) is 13.8 Å². The predicted octanol–water partition coefficient (Wildman–Crippen LogP) is 2.97. The number of halogens is 3. The van der Waals surface area contributed by atoms with E-state index in [1.807, 2.05) is 0 Å². The number of hydrogen-bond donors (Lipinski definition) is 2. The molecule has 1 amide bonds. The van der Waals surface area contributed by atoms with Gasteiger partial charge in [-0.05, 0) is 33.1 Å². The molecule has 7 heteroatoms. The van der Waals surface area contributed by atoms with E-state index in [1.54, 1.807) is 0 Å². The molecule has 0 aromatic heterocycles. The standard InChI is InChI=1S/C14H22F3NO3/c1-13(2,12(20)21)7-8-18-11(19)9-5-3-4-6-10(9)14(15,16)17/h9-10H,3-8H2,1-2H3,(H,18,19)(H,20,21). The maximum absolute atomic E-state index is 12.9. The van der Waals surface area contributed by atoms with Gasteiger partial charge in [0.15, 0.2) is 0 Å². The summed E-state index contributed by atoms with van der Waals surface area (Å²) in [6.07, 6.45) is -2.86. The van der Waals surface area contributed by atoms with Crippen molar-refractivity contribution in [3.63, 3.8) is 0 Å². The van der Waals surface area contributed by atoms with Gasteiger partial charge in [-0.3, -0.25) is 9.59 Å². The van der Waals surface area contributed by atoms with E-state index >= 15 is 0 Å². The minimum Gasteiger partial charge on any atom is -0.481 e. The molecule has 0 radical (unpaired) electrons. The quantitative estimate of drug-likeness (QED) is 0.820. The Morgan fingerprint density at radius 2 is 1.76 bits per heavy atom. The second-order valence-electron chi connectivity index (χ2n) is 6.27. The van der Waals surface area contributed by atoms with Crippen LogP contribution >= 0.6 is 0 Å². The van der Waals surface area contributed by atoms with Crippen LogP contribution in [0.25, 0.3) is 0 Å². The van der Waals surface area contributed by atoms with Crippen molar-refractivity contribution in [3.05, 3.63) is 0 Å². The number of carboxylic acids is 1. The molecule has 4 nitrogen and oxygen atoms in total. The highest BCUT2D eigenvalue weighted by molar-refractivity contribution is 5.79. The molecule has 1 rings (SSSR count). The number of hydrogen-bond acceptors (Lipinski definition) is 2. The second kappa shape index (κ2) is 6.66. The van der Waals surface area contributed by atoms with E-state index in [4.69, 9.17) is 5.11 Å². The average molecular weight is 309 g/mol. The highest BCUT2D eigenvalue weighted by Crippen LogP contribution is 2.41. The minimum absolute atomic E-state index is 0.0117. The molecule has 0 aliphatic heterocycles. The van der Waals surface area contributed by atoms with Crippen molar-refractivity contribution in [2.45, 2.75) is 52.1 Å². The SMILES string of the molecule is CC(C)(CCNC(=O)C1CCCCC1C(F)(F)F)C(=O)O. The van der Waals surface area contributed by atoms with Crippen molar-refractivity contribution < 1.29 is 27.9 Å². The largest absolute Gasteiger partial charge is 0.481 e. The van der Waals surface area contributed by atoms with Crippen molar-refractivity contribution >= 4 is 11.9 Å². The van der Waals surface area contributed by atoms with Gasteiger partial charge in [-0.25, -0.2) is 0 Å². The third kappa shape index (κ3) is 4.89. The third-order valence-corrected chi connectivity index (χ3v) is 4.15. The van der Waals surface area contributed by atoms with E-state index in [-0.39, 0.29) is 25.8 Å². The molecule has 0 bridgehead atoms. The number of nitrogens with one attached hydrogen (secondary N) is 1. The minimum atomic E-state index is -4.36. The van der Waals surface area contributed by atoms with Crippen LogP contribution in [-0.2, 0) is 9.59 Å². The van der Waals surface area contributed by atoms with Crippen LogP contribution in [0.2, 0.25) is 0 Å². The van der Waals surface area contributed by atoms with Crippen LogP contribution in [0.15, 0.2) is 0 Å². The Bertz CT molecular complexity index is 393. The first kappa shape index (κ1) is 17.8. The van der Waals surface area contributed by atoms with Gasteiger partial charge in [-0.15, -0.1) is 0 Å². The molecule has 0 heterocycles. The van der Waals surface area contributed by atoms with Crippen molar-refractivity contribution in [3.8, 4) is 0 Å². The molecular formula is C14H22F3NO3. The molecule has 1 aliphatic carbocycles. The lowest BCUT2D eigenvalue weighted by atomic mass is 9.78. The summed E-state index contributed by atoms with van der Waals surface area (Å²) in [5.74, 6) is -4.24. The van der Waals surface area contributed by atoms with Crippen molar-refractivity contribution in [2.75, 3.05) is 6.54 Å². The molecule has 122 valence electrons. The first-order chi connectivity index (χ1) is 9.55. The molecule has 2 N–H and O–H groups in total. The summed E-state index contributed by atoms with van der Waals surface area (Å²) in [6, 6.07) is 0. The molecule has 1 fully saturated rings. The van der Waals surface area contributed by atoms with Crippen molar-refractivity contribution in [1.82, 2.24) is 5.32 Å². The summed E-state index contributed by atoms with van der Waals surface area (Å²) in [6.45, 7) is 3.10. The normalized spacial score (nSPS) is 23.7. The number of amides is 1. The number of carbonyl (C=O) groups is 2. The number of alkyl halides is 3. The maximum atomic E-state index is 12.9. The van der Waals surface area contributed by atoms with Crippen LogP contribution in [0.5, 0.6) is 0 Å². The van der Waals surface area contributed by atoms with Gasteiger partial charge in [0.25, 0.3) is 0 Å². The highest BCUT2D eigenvalue weighted by atomic mass is 19.4. The van der Waals surface area contributed by atoms with Crippen LogP contribution < -0.4 is 5.32 Å². The zero-order chi connectivity index (χ0) is 16.3. The highest BCUT2D eigenvalue weighted by Gasteiger charge is 2.47. The first-order valence-electron chi connectivity index (χ1n) is 7.13. The van der Waals surface area contributed by atoms with Gasteiger partial charge < -0.3 is 10.4 Å². The molecule has 1 aliphatic rings. The summed E-state index contributed by atoms with van der Waals surface area (Å²) in [5, 5.41) is 11.4. The fourth-order valence-corrected chi connectivity index (χ4v) is 2.57. The van der Waals surface area contributed by atoms with Gasteiger partial charge in [0, 0.05) is 12.5 Å². The van der Waals surface area contributed by atoms with Crippen LogP contribution in [0.4, 0.5) is 13.2 Å². The Morgan fingerprint density at radius 1 is 1.19 bits per heavy atom. The zero-order valence-corrected chi connectivity index (χ0v) is 12.3. The van der Waals surface area contributed by atoms with Gasteiger partial charge in [0.1, 0.15) is 0 Å². The molecule has 0 spiro atoms. The number of carbonyl (C=O) groups excluding carboxylic acids is 1.